The molecule has 208 valence electrons. The van der Waals surface area contributed by atoms with E-state index in [4.69, 9.17) is 0 Å². The molecule has 1 rings (SSSR count). The zero-order valence-electron chi connectivity index (χ0n) is 17.4. The molecule has 0 amide bonds. The molecule has 0 aliphatic rings. The first kappa shape index (κ1) is 31.6. The van der Waals surface area contributed by atoms with E-state index >= 15 is 0 Å². The summed E-state index contributed by atoms with van der Waals surface area (Å²) in [5.41, 5.74) is -4.31. The molecule has 0 radical (unpaired) electrons. The Morgan fingerprint density at radius 2 is 1.17 bits per heavy atom. The molecule has 18 heteroatoms. The monoisotopic (exact) mass is 562 g/mol. The van der Waals surface area contributed by atoms with Crippen LogP contribution >= 0.6 is 0 Å². The number of carbonyl (C=O) groups excluding carboxylic acids is 1. The van der Waals surface area contributed by atoms with Crippen molar-refractivity contribution in [3.05, 3.63) is 29.8 Å². The van der Waals surface area contributed by atoms with Crippen LogP contribution in [0.15, 0.2) is 24.3 Å². The fourth-order valence-electron chi connectivity index (χ4n) is 2.71. The topological polar surface area (TPSA) is 46.5 Å². The van der Waals surface area contributed by atoms with Gasteiger partial charge in [0.05, 0.1) is 12.0 Å². The molecular formula is C18H13F15O3. The summed E-state index contributed by atoms with van der Waals surface area (Å²) in [7, 11) is 0. The van der Waals surface area contributed by atoms with Gasteiger partial charge in [0, 0.05) is 6.92 Å². The van der Waals surface area contributed by atoms with Crippen molar-refractivity contribution in [3.8, 4) is 5.75 Å². The zero-order chi connectivity index (χ0) is 29.0. The lowest BCUT2D eigenvalue weighted by Crippen LogP contribution is -2.72. The fourth-order valence-corrected chi connectivity index (χ4v) is 2.71. The Labute approximate surface area is 190 Å². The summed E-state index contributed by atoms with van der Waals surface area (Å²) in [4.78, 5) is 10.9. The van der Waals surface area contributed by atoms with Gasteiger partial charge in [0.2, 0.25) is 0 Å². The van der Waals surface area contributed by atoms with Gasteiger partial charge in [0.1, 0.15) is 5.75 Å². The molecule has 36 heavy (non-hydrogen) atoms. The molecule has 0 aliphatic heterocycles. The highest BCUT2D eigenvalue weighted by atomic mass is 19.4. The van der Waals surface area contributed by atoms with Crippen molar-refractivity contribution < 1.29 is 80.5 Å². The maximum Gasteiger partial charge on any atom is 0.460 e. The maximum absolute atomic E-state index is 14.2. The molecule has 0 aromatic heterocycles. The van der Waals surface area contributed by atoms with Gasteiger partial charge < -0.3 is 9.84 Å². The third kappa shape index (κ3) is 4.91. The smallest absolute Gasteiger partial charge is 0.427 e. The Hall–Kier alpha value is -2.40. The first-order valence-corrected chi connectivity index (χ1v) is 8.95. The van der Waals surface area contributed by atoms with Crippen LogP contribution in [0.25, 0.3) is 0 Å². The molecular weight excluding hydrogens is 549 g/mol. The Morgan fingerprint density at radius 3 is 1.58 bits per heavy atom. The number of alkyl halides is 15. The van der Waals surface area contributed by atoms with Crippen molar-refractivity contribution in [1.82, 2.24) is 0 Å². The van der Waals surface area contributed by atoms with E-state index in [2.05, 4.69) is 4.74 Å². The predicted octanol–water partition coefficient (Wildman–Crippen LogP) is 6.58. The van der Waals surface area contributed by atoms with Crippen molar-refractivity contribution in [2.24, 2.45) is 0 Å². The molecule has 1 N–H and O–H groups in total. The summed E-state index contributed by atoms with van der Waals surface area (Å²) in [6.45, 7) is 1.05. The van der Waals surface area contributed by atoms with E-state index in [1.807, 2.05) is 0 Å². The quantitative estimate of drug-likeness (QED) is 0.210. The van der Waals surface area contributed by atoms with Crippen LogP contribution in [0.4, 0.5) is 65.9 Å². The highest BCUT2D eigenvalue weighted by molar-refractivity contribution is 5.69. The van der Waals surface area contributed by atoms with Crippen LogP contribution in [-0.2, 0) is 10.4 Å². The molecule has 0 saturated carbocycles. The summed E-state index contributed by atoms with van der Waals surface area (Å²) in [5.74, 6) is -49.0. The minimum atomic E-state index is -8.41. The van der Waals surface area contributed by atoms with Gasteiger partial charge in [-0.25, -0.2) is 0 Å². The number of ether oxygens (including phenoxy) is 1. The number of rotatable bonds is 9. The molecule has 0 aliphatic carbocycles. The Morgan fingerprint density at radius 1 is 0.750 bits per heavy atom. The normalized spacial score (nSPS) is 16.5. The summed E-state index contributed by atoms with van der Waals surface area (Å²) >= 11 is 0. The van der Waals surface area contributed by atoms with E-state index in [0.29, 0.717) is 12.1 Å². The highest BCUT2D eigenvalue weighted by Crippen LogP contribution is 2.63. The Bertz CT molecular complexity index is 967. The average molecular weight is 562 g/mol. The van der Waals surface area contributed by atoms with Gasteiger partial charge in [-0.05, 0) is 24.6 Å². The fraction of sp³-hybridized carbons (Fsp3) is 0.611. The second-order valence-corrected chi connectivity index (χ2v) is 7.65. The standard InChI is InChI=1S/C18H13F15O3/c1-8(34)36-10-5-3-4-9(6-10)11(2,35)7-12(19,20)13(21,22)14(23,24)15(25,26)16(27,28)17(29,30)18(31,32)33/h3-6,35H,7H2,1-2H3. The molecule has 1 aromatic rings. The molecule has 0 bridgehead atoms. The van der Waals surface area contributed by atoms with Crippen molar-refractivity contribution in [2.75, 3.05) is 0 Å². The Balaban J connectivity index is 3.52. The number of benzene rings is 1. The van der Waals surface area contributed by atoms with E-state index < -0.39 is 71.0 Å². The second-order valence-electron chi connectivity index (χ2n) is 7.65. The van der Waals surface area contributed by atoms with Crippen LogP contribution in [0.1, 0.15) is 25.8 Å². The van der Waals surface area contributed by atoms with E-state index in [1.54, 1.807) is 0 Å². The third-order valence-corrected chi connectivity index (χ3v) is 4.68. The number of esters is 1. The number of hydrogen-bond donors (Lipinski definition) is 1. The van der Waals surface area contributed by atoms with Crippen molar-refractivity contribution in [2.45, 2.75) is 67.6 Å². The number of aliphatic hydroxyl groups is 1. The molecule has 3 nitrogen and oxygen atoms in total. The molecule has 0 heterocycles. The van der Waals surface area contributed by atoms with Crippen LogP contribution in [0.3, 0.4) is 0 Å². The van der Waals surface area contributed by atoms with E-state index in [-0.39, 0.29) is 6.92 Å². The lowest BCUT2D eigenvalue weighted by molar-refractivity contribution is -0.453. The summed E-state index contributed by atoms with van der Waals surface area (Å²) < 4.78 is 204. The van der Waals surface area contributed by atoms with Crippen LogP contribution in [0, 0.1) is 0 Å². The summed E-state index contributed by atoms with van der Waals surface area (Å²) in [5, 5.41) is 10.1. The Kier molecular flexibility index (Phi) is 7.79. The zero-order valence-corrected chi connectivity index (χ0v) is 17.4. The summed E-state index contributed by atoms with van der Waals surface area (Å²) in [6.07, 6.45) is -10.7. The number of carbonyl (C=O) groups is 1. The van der Waals surface area contributed by atoms with Crippen LogP contribution in [0.5, 0.6) is 5.75 Å². The van der Waals surface area contributed by atoms with Gasteiger partial charge in [-0.1, -0.05) is 12.1 Å². The third-order valence-electron chi connectivity index (χ3n) is 4.68. The van der Waals surface area contributed by atoms with Crippen LogP contribution < -0.4 is 4.74 Å². The van der Waals surface area contributed by atoms with Crippen molar-refractivity contribution in [1.29, 1.82) is 0 Å². The van der Waals surface area contributed by atoms with Crippen LogP contribution in [0.2, 0.25) is 0 Å². The van der Waals surface area contributed by atoms with Gasteiger partial charge in [-0.3, -0.25) is 4.79 Å². The largest absolute Gasteiger partial charge is 0.460 e. The van der Waals surface area contributed by atoms with E-state index in [1.165, 1.54) is 0 Å². The first-order chi connectivity index (χ1) is 15.6. The molecule has 0 fully saturated rings. The molecule has 1 atom stereocenters. The molecule has 1 unspecified atom stereocenters. The average Bonchev–Trinajstić information content (AvgIpc) is 2.65. The predicted molar refractivity (Wildman–Crippen MR) is 87.7 cm³/mol. The van der Waals surface area contributed by atoms with Gasteiger partial charge >= 0.3 is 47.7 Å². The first-order valence-electron chi connectivity index (χ1n) is 8.95. The molecule has 0 spiro atoms. The van der Waals surface area contributed by atoms with Crippen molar-refractivity contribution >= 4 is 5.97 Å². The van der Waals surface area contributed by atoms with Gasteiger partial charge in [-0.15, -0.1) is 0 Å². The molecule has 0 saturated heterocycles. The highest BCUT2D eigenvalue weighted by Gasteiger charge is 2.93. The van der Waals surface area contributed by atoms with Gasteiger partial charge in [0.15, 0.2) is 0 Å². The van der Waals surface area contributed by atoms with E-state index in [9.17, 15) is 75.8 Å². The number of hydrogen-bond acceptors (Lipinski definition) is 3. The van der Waals surface area contributed by atoms with E-state index in [0.717, 1.165) is 19.1 Å². The van der Waals surface area contributed by atoms with Gasteiger partial charge in [0.25, 0.3) is 0 Å². The SMILES string of the molecule is CC(=O)Oc1cccc(C(C)(O)CC(F)(F)C(F)(F)C(F)(F)C(F)(F)C(F)(F)C(F)(F)C(F)(F)F)c1. The number of halogens is 15. The minimum Gasteiger partial charge on any atom is -0.427 e. The maximum atomic E-state index is 14.2. The lowest BCUT2D eigenvalue weighted by Gasteiger charge is -2.42. The van der Waals surface area contributed by atoms with Crippen molar-refractivity contribution in [3.63, 3.8) is 0 Å². The minimum absolute atomic E-state index is 0.215. The van der Waals surface area contributed by atoms with Crippen LogP contribution in [-0.4, -0.2) is 52.8 Å². The molecule has 1 aromatic carbocycles. The lowest BCUT2D eigenvalue weighted by atomic mass is 9.83. The summed E-state index contributed by atoms with van der Waals surface area (Å²) in [6, 6.07) is 2.98. The van der Waals surface area contributed by atoms with Gasteiger partial charge in [-0.2, -0.15) is 65.9 Å². The second kappa shape index (κ2) is 8.86.